The van der Waals surface area contributed by atoms with Gasteiger partial charge in [0.1, 0.15) is 11.4 Å². The molecule has 17 heavy (non-hydrogen) atoms. The molecule has 0 aliphatic heterocycles. The molecule has 5 nitrogen and oxygen atoms in total. The molecule has 1 aromatic heterocycles. The topological polar surface area (TPSA) is 86.9 Å². The molecule has 0 aromatic carbocycles. The molecule has 4 N–H and O–H groups in total. The van der Waals surface area contributed by atoms with Crippen molar-refractivity contribution in [2.45, 2.75) is 45.6 Å². The van der Waals surface area contributed by atoms with Crippen molar-refractivity contribution < 1.29 is 4.79 Å². The number of nitrogens with zero attached hydrogens (tertiary/aromatic N) is 2. The van der Waals surface area contributed by atoms with E-state index in [4.69, 9.17) is 11.5 Å². The first-order valence-electron chi connectivity index (χ1n) is 6.28. The smallest absolute Gasteiger partial charge is 0.254 e. The van der Waals surface area contributed by atoms with Crippen LogP contribution < -0.4 is 11.5 Å². The van der Waals surface area contributed by atoms with E-state index < -0.39 is 5.91 Å². The molecule has 0 bridgehead atoms. The highest BCUT2D eigenvalue weighted by Crippen LogP contribution is 2.31. The number of rotatable bonds is 5. The van der Waals surface area contributed by atoms with Crippen LogP contribution in [-0.2, 0) is 13.0 Å². The van der Waals surface area contributed by atoms with E-state index in [9.17, 15) is 4.79 Å². The van der Waals surface area contributed by atoms with E-state index in [1.54, 1.807) is 4.68 Å². The normalized spacial score (nSPS) is 15.8. The minimum atomic E-state index is -0.459. The third-order valence-corrected chi connectivity index (χ3v) is 3.45. The molecular formula is C12H20N4O. The number of nitrogens with two attached hydrogens (primary N) is 2. The Morgan fingerprint density at radius 3 is 2.71 bits per heavy atom. The molecule has 1 aliphatic carbocycles. The number of anilines is 1. The SMILES string of the molecule is CCCn1nc(CC2CCC2)c(C(N)=O)c1N. The maximum absolute atomic E-state index is 11.4. The van der Waals surface area contributed by atoms with Crippen molar-refractivity contribution in [2.24, 2.45) is 11.7 Å². The first kappa shape index (κ1) is 12.0. The summed E-state index contributed by atoms with van der Waals surface area (Å²) in [7, 11) is 0. The van der Waals surface area contributed by atoms with Gasteiger partial charge in [-0.25, -0.2) is 4.68 Å². The van der Waals surface area contributed by atoms with Crippen molar-refractivity contribution in [3.05, 3.63) is 11.3 Å². The minimum Gasteiger partial charge on any atom is -0.383 e. The molecule has 5 heteroatoms. The molecule has 1 heterocycles. The Morgan fingerprint density at radius 1 is 1.53 bits per heavy atom. The Labute approximate surface area is 101 Å². The van der Waals surface area contributed by atoms with E-state index in [1.807, 2.05) is 0 Å². The van der Waals surface area contributed by atoms with Crippen LogP contribution in [0.5, 0.6) is 0 Å². The van der Waals surface area contributed by atoms with Gasteiger partial charge < -0.3 is 11.5 Å². The third kappa shape index (κ3) is 2.28. The van der Waals surface area contributed by atoms with Crippen LogP contribution in [0.15, 0.2) is 0 Å². The molecule has 1 aromatic rings. The fraction of sp³-hybridized carbons (Fsp3) is 0.667. The van der Waals surface area contributed by atoms with E-state index in [0.717, 1.165) is 25.1 Å². The predicted molar refractivity (Wildman–Crippen MR) is 66.5 cm³/mol. The zero-order valence-electron chi connectivity index (χ0n) is 10.3. The lowest BCUT2D eigenvalue weighted by Crippen LogP contribution is -2.19. The molecule has 0 spiro atoms. The molecule has 2 rings (SSSR count). The van der Waals surface area contributed by atoms with Gasteiger partial charge in [0.15, 0.2) is 0 Å². The maximum Gasteiger partial charge on any atom is 0.254 e. The van der Waals surface area contributed by atoms with Crippen LogP contribution in [0.2, 0.25) is 0 Å². The third-order valence-electron chi connectivity index (χ3n) is 3.45. The average molecular weight is 236 g/mol. The summed E-state index contributed by atoms with van der Waals surface area (Å²) >= 11 is 0. The number of primary amides is 1. The van der Waals surface area contributed by atoms with Crippen LogP contribution in [0.25, 0.3) is 0 Å². The summed E-state index contributed by atoms with van der Waals surface area (Å²) in [4.78, 5) is 11.4. The van der Waals surface area contributed by atoms with Gasteiger partial charge in [-0.2, -0.15) is 5.10 Å². The van der Waals surface area contributed by atoms with Gasteiger partial charge in [-0.15, -0.1) is 0 Å². The number of carbonyl (C=O) groups excluding carboxylic acids is 1. The molecular weight excluding hydrogens is 216 g/mol. The van der Waals surface area contributed by atoms with Gasteiger partial charge in [0.05, 0.1) is 5.69 Å². The lowest BCUT2D eigenvalue weighted by atomic mass is 9.81. The second-order valence-corrected chi connectivity index (χ2v) is 4.80. The highest BCUT2D eigenvalue weighted by atomic mass is 16.1. The lowest BCUT2D eigenvalue weighted by Gasteiger charge is -2.24. The average Bonchev–Trinajstić information content (AvgIpc) is 2.50. The van der Waals surface area contributed by atoms with Gasteiger partial charge in [-0.1, -0.05) is 26.2 Å². The summed E-state index contributed by atoms with van der Waals surface area (Å²) in [6, 6.07) is 0. The molecule has 1 saturated carbocycles. The van der Waals surface area contributed by atoms with Crippen molar-refractivity contribution >= 4 is 11.7 Å². The Balaban J connectivity index is 2.27. The van der Waals surface area contributed by atoms with Crippen LogP contribution in [0.1, 0.15) is 48.7 Å². The van der Waals surface area contributed by atoms with E-state index in [1.165, 1.54) is 19.3 Å². The van der Waals surface area contributed by atoms with Gasteiger partial charge in [0.25, 0.3) is 5.91 Å². The van der Waals surface area contributed by atoms with Gasteiger partial charge >= 0.3 is 0 Å². The first-order valence-corrected chi connectivity index (χ1v) is 6.28. The molecule has 1 amide bonds. The Hall–Kier alpha value is -1.52. The molecule has 0 radical (unpaired) electrons. The van der Waals surface area contributed by atoms with Crippen molar-refractivity contribution in [1.29, 1.82) is 0 Å². The number of amides is 1. The van der Waals surface area contributed by atoms with Gasteiger partial charge in [0.2, 0.25) is 0 Å². The summed E-state index contributed by atoms with van der Waals surface area (Å²) in [6.07, 6.45) is 5.49. The standard InChI is InChI=1S/C12H20N4O/c1-2-6-16-11(13)10(12(14)17)9(15-16)7-8-4-3-5-8/h8H,2-7,13H2,1H3,(H2,14,17). The maximum atomic E-state index is 11.4. The number of hydrogen-bond acceptors (Lipinski definition) is 3. The van der Waals surface area contributed by atoms with Crippen LogP contribution in [0.3, 0.4) is 0 Å². The number of aryl methyl sites for hydroxylation is 1. The summed E-state index contributed by atoms with van der Waals surface area (Å²) in [5, 5.41) is 4.43. The zero-order chi connectivity index (χ0) is 12.4. The Morgan fingerprint density at radius 2 is 2.24 bits per heavy atom. The summed E-state index contributed by atoms with van der Waals surface area (Å²) < 4.78 is 1.70. The lowest BCUT2D eigenvalue weighted by molar-refractivity contribution is 0.0999. The molecule has 1 fully saturated rings. The fourth-order valence-corrected chi connectivity index (χ4v) is 2.29. The summed E-state index contributed by atoms with van der Waals surface area (Å²) in [5.41, 5.74) is 12.5. The van der Waals surface area contributed by atoms with Crippen molar-refractivity contribution in [1.82, 2.24) is 9.78 Å². The zero-order valence-corrected chi connectivity index (χ0v) is 10.3. The van der Waals surface area contributed by atoms with Crippen molar-refractivity contribution in [3.8, 4) is 0 Å². The number of carbonyl (C=O) groups is 1. The number of nitrogen functional groups attached to an aromatic ring is 1. The van der Waals surface area contributed by atoms with Crippen LogP contribution in [0, 0.1) is 5.92 Å². The summed E-state index contributed by atoms with van der Waals surface area (Å²) in [5.74, 6) is 0.616. The van der Waals surface area contributed by atoms with E-state index >= 15 is 0 Å². The Kier molecular flexibility index (Phi) is 3.36. The van der Waals surface area contributed by atoms with Gasteiger partial charge in [-0.05, 0) is 18.8 Å². The Bertz CT molecular complexity index is 420. The van der Waals surface area contributed by atoms with Crippen molar-refractivity contribution in [3.63, 3.8) is 0 Å². The predicted octanol–water partition coefficient (Wildman–Crippen LogP) is 1.32. The van der Waals surface area contributed by atoms with Gasteiger partial charge in [-0.3, -0.25) is 4.79 Å². The number of aromatic nitrogens is 2. The van der Waals surface area contributed by atoms with Crippen LogP contribution in [-0.4, -0.2) is 15.7 Å². The fourth-order valence-electron chi connectivity index (χ4n) is 2.29. The monoisotopic (exact) mass is 236 g/mol. The minimum absolute atomic E-state index is 0.425. The highest BCUT2D eigenvalue weighted by Gasteiger charge is 2.25. The molecule has 0 atom stereocenters. The molecule has 0 unspecified atom stereocenters. The van der Waals surface area contributed by atoms with E-state index in [0.29, 0.717) is 17.3 Å². The number of hydrogen-bond donors (Lipinski definition) is 2. The molecule has 0 saturated heterocycles. The largest absolute Gasteiger partial charge is 0.383 e. The summed E-state index contributed by atoms with van der Waals surface area (Å²) in [6.45, 7) is 2.79. The second-order valence-electron chi connectivity index (χ2n) is 4.80. The van der Waals surface area contributed by atoms with Crippen LogP contribution >= 0.6 is 0 Å². The molecule has 94 valence electrons. The van der Waals surface area contributed by atoms with Gasteiger partial charge in [0, 0.05) is 6.54 Å². The van der Waals surface area contributed by atoms with Crippen molar-refractivity contribution in [2.75, 3.05) is 5.73 Å². The van der Waals surface area contributed by atoms with E-state index in [2.05, 4.69) is 12.0 Å². The quantitative estimate of drug-likeness (QED) is 0.808. The van der Waals surface area contributed by atoms with E-state index in [-0.39, 0.29) is 0 Å². The highest BCUT2D eigenvalue weighted by molar-refractivity contribution is 5.98. The van der Waals surface area contributed by atoms with Crippen LogP contribution in [0.4, 0.5) is 5.82 Å². The molecule has 1 aliphatic rings. The first-order chi connectivity index (χ1) is 8.13. The second kappa shape index (κ2) is 4.77.